The maximum Gasteiger partial charge on any atom is 0.325 e. The maximum atomic E-state index is 11.4. The topological polar surface area (TPSA) is 68.5 Å². The molecule has 21 heavy (non-hydrogen) atoms. The molecule has 0 aliphatic rings. The molecule has 6 heteroatoms. The van der Waals surface area contributed by atoms with Gasteiger partial charge in [-0.25, -0.2) is 9.97 Å². The summed E-state index contributed by atoms with van der Waals surface area (Å²) in [5.74, 6) is 0.950. The van der Waals surface area contributed by atoms with Crippen LogP contribution in [-0.2, 0) is 9.53 Å². The second-order valence-corrected chi connectivity index (χ2v) is 4.39. The molecule has 0 amide bonds. The molecule has 1 N–H and O–H groups in total. The van der Waals surface area contributed by atoms with Crippen LogP contribution in [0.5, 0.6) is 0 Å². The number of rotatable bonds is 4. The van der Waals surface area contributed by atoms with Crippen molar-refractivity contribution in [3.63, 3.8) is 0 Å². The van der Waals surface area contributed by atoms with Crippen molar-refractivity contribution in [1.29, 1.82) is 0 Å². The zero-order chi connectivity index (χ0) is 14.7. The van der Waals surface area contributed by atoms with Crippen LogP contribution in [0.15, 0.2) is 48.8 Å². The lowest BCUT2D eigenvalue weighted by molar-refractivity contribution is -0.138. The van der Waals surface area contributed by atoms with Crippen molar-refractivity contribution in [3.05, 3.63) is 48.8 Å². The predicted octanol–water partition coefficient (Wildman–Crippen LogP) is 1.98. The Bertz CT molecular complexity index is 768. The number of anilines is 1. The van der Waals surface area contributed by atoms with Crippen molar-refractivity contribution < 1.29 is 9.53 Å². The highest BCUT2D eigenvalue weighted by molar-refractivity contribution is 5.80. The zero-order valence-electron chi connectivity index (χ0n) is 11.5. The Morgan fingerprint density at radius 1 is 1.29 bits per heavy atom. The summed E-state index contributed by atoms with van der Waals surface area (Å²) in [5.41, 5.74) is 1.70. The van der Waals surface area contributed by atoms with Crippen LogP contribution in [0.3, 0.4) is 0 Å². The Balaban J connectivity index is 2.08. The Hall–Kier alpha value is -2.89. The van der Waals surface area contributed by atoms with Gasteiger partial charge in [-0.2, -0.15) is 0 Å². The van der Waals surface area contributed by atoms with Crippen LogP contribution >= 0.6 is 0 Å². The van der Waals surface area contributed by atoms with Gasteiger partial charge in [0, 0.05) is 18.0 Å². The molecule has 0 aliphatic carbocycles. The molecular weight excluding hydrogens is 268 g/mol. The number of carbonyl (C=O) groups is 1. The number of nitrogens with one attached hydrogen (secondary N) is 1. The quantitative estimate of drug-likeness (QED) is 0.741. The lowest BCUT2D eigenvalue weighted by atomic mass is 10.1. The summed E-state index contributed by atoms with van der Waals surface area (Å²) in [5, 5.41) is 3.07. The number of benzene rings is 1. The van der Waals surface area contributed by atoms with Gasteiger partial charge in [-0.1, -0.05) is 30.3 Å². The van der Waals surface area contributed by atoms with Gasteiger partial charge in [-0.05, 0) is 6.07 Å². The van der Waals surface area contributed by atoms with E-state index in [9.17, 15) is 4.79 Å². The number of imidazole rings is 1. The smallest absolute Gasteiger partial charge is 0.325 e. The highest BCUT2D eigenvalue weighted by atomic mass is 16.5. The predicted molar refractivity (Wildman–Crippen MR) is 78.9 cm³/mol. The number of methoxy groups -OCH3 is 1. The number of hydrogen-bond acceptors (Lipinski definition) is 5. The van der Waals surface area contributed by atoms with Crippen LogP contribution in [-0.4, -0.2) is 34.0 Å². The van der Waals surface area contributed by atoms with E-state index in [0.29, 0.717) is 5.78 Å². The van der Waals surface area contributed by atoms with Crippen molar-refractivity contribution in [2.75, 3.05) is 19.0 Å². The van der Waals surface area contributed by atoms with Crippen LogP contribution in [0.2, 0.25) is 0 Å². The molecule has 0 radical (unpaired) electrons. The van der Waals surface area contributed by atoms with Gasteiger partial charge in [-0.15, -0.1) is 0 Å². The summed E-state index contributed by atoms with van der Waals surface area (Å²) in [6.07, 6.45) is 3.53. The van der Waals surface area contributed by atoms with E-state index in [2.05, 4.69) is 20.0 Å². The van der Waals surface area contributed by atoms with E-state index in [-0.39, 0.29) is 12.5 Å². The van der Waals surface area contributed by atoms with Gasteiger partial charge >= 0.3 is 5.97 Å². The van der Waals surface area contributed by atoms with E-state index >= 15 is 0 Å². The minimum Gasteiger partial charge on any atom is -0.468 e. The number of hydrogen-bond donors (Lipinski definition) is 1. The first-order valence-corrected chi connectivity index (χ1v) is 6.49. The molecular formula is C15H14N4O2. The van der Waals surface area contributed by atoms with Gasteiger partial charge < -0.3 is 10.1 Å². The minimum atomic E-state index is -0.340. The molecule has 0 unspecified atom stereocenters. The molecule has 0 bridgehead atoms. The first-order chi connectivity index (χ1) is 10.3. The molecule has 2 aromatic heterocycles. The second kappa shape index (κ2) is 5.62. The first-order valence-electron chi connectivity index (χ1n) is 6.49. The summed E-state index contributed by atoms with van der Waals surface area (Å²) in [6, 6.07) is 11.6. The van der Waals surface area contributed by atoms with Crippen molar-refractivity contribution in [1.82, 2.24) is 14.4 Å². The molecule has 3 aromatic rings. The standard InChI is InChI=1S/C15H14N4O2/c1-21-12(20)10-17-14-13(11-6-3-2-4-7-11)18-15-16-8-5-9-19(14)15/h2-9,17H,10H2,1H3. The third-order valence-corrected chi connectivity index (χ3v) is 3.08. The fourth-order valence-electron chi connectivity index (χ4n) is 2.08. The van der Waals surface area contributed by atoms with Gasteiger partial charge in [0.05, 0.1) is 7.11 Å². The molecule has 0 spiro atoms. The first kappa shape index (κ1) is 13.1. The third-order valence-electron chi connectivity index (χ3n) is 3.08. The number of ether oxygens (including phenoxy) is 1. The Labute approximate surface area is 121 Å². The molecule has 6 nitrogen and oxygen atoms in total. The Morgan fingerprint density at radius 2 is 2.10 bits per heavy atom. The average Bonchev–Trinajstić information content (AvgIpc) is 2.92. The van der Waals surface area contributed by atoms with E-state index in [1.807, 2.05) is 47.0 Å². The van der Waals surface area contributed by atoms with E-state index in [4.69, 9.17) is 0 Å². The highest BCUT2D eigenvalue weighted by Gasteiger charge is 2.15. The molecule has 3 rings (SSSR count). The molecule has 0 saturated heterocycles. The molecule has 0 aliphatic heterocycles. The van der Waals surface area contributed by atoms with Crippen molar-refractivity contribution in [2.24, 2.45) is 0 Å². The zero-order valence-corrected chi connectivity index (χ0v) is 11.5. The van der Waals surface area contributed by atoms with Crippen LogP contribution in [0.1, 0.15) is 0 Å². The lowest BCUT2D eigenvalue weighted by Gasteiger charge is -2.07. The largest absolute Gasteiger partial charge is 0.468 e. The number of nitrogens with zero attached hydrogens (tertiary/aromatic N) is 3. The summed E-state index contributed by atoms with van der Waals surface area (Å²) in [6.45, 7) is 0.0685. The Kier molecular flexibility index (Phi) is 3.51. The maximum absolute atomic E-state index is 11.4. The molecule has 0 fully saturated rings. The van der Waals surface area contributed by atoms with E-state index in [1.54, 1.807) is 6.20 Å². The fourth-order valence-corrected chi connectivity index (χ4v) is 2.08. The van der Waals surface area contributed by atoms with E-state index < -0.39 is 0 Å². The summed E-state index contributed by atoms with van der Waals surface area (Å²) in [7, 11) is 1.36. The molecule has 0 saturated carbocycles. The van der Waals surface area contributed by atoms with Crippen molar-refractivity contribution in [2.45, 2.75) is 0 Å². The number of aromatic nitrogens is 3. The average molecular weight is 282 g/mol. The second-order valence-electron chi connectivity index (χ2n) is 4.39. The molecule has 0 atom stereocenters. The number of fused-ring (bicyclic) bond motifs is 1. The van der Waals surface area contributed by atoms with Crippen LogP contribution in [0, 0.1) is 0 Å². The Morgan fingerprint density at radius 3 is 2.86 bits per heavy atom. The van der Waals surface area contributed by atoms with Crippen LogP contribution < -0.4 is 5.32 Å². The fraction of sp³-hybridized carbons (Fsp3) is 0.133. The third kappa shape index (κ3) is 2.55. The van der Waals surface area contributed by atoms with Crippen molar-refractivity contribution >= 4 is 17.6 Å². The number of esters is 1. The van der Waals surface area contributed by atoms with Gasteiger partial charge in [0.15, 0.2) is 0 Å². The van der Waals surface area contributed by atoms with E-state index in [1.165, 1.54) is 7.11 Å². The molecule has 2 heterocycles. The summed E-state index contributed by atoms with van der Waals surface area (Å²) in [4.78, 5) is 20.1. The summed E-state index contributed by atoms with van der Waals surface area (Å²) >= 11 is 0. The number of carbonyl (C=O) groups excluding carboxylic acids is 1. The van der Waals surface area contributed by atoms with Crippen LogP contribution in [0.25, 0.3) is 17.0 Å². The summed E-state index contributed by atoms with van der Waals surface area (Å²) < 4.78 is 6.47. The van der Waals surface area contributed by atoms with Gasteiger partial charge in [-0.3, -0.25) is 9.20 Å². The van der Waals surface area contributed by atoms with E-state index in [0.717, 1.165) is 17.1 Å². The SMILES string of the molecule is COC(=O)CNc1c(-c2ccccc2)nc2ncccn12. The lowest BCUT2D eigenvalue weighted by Crippen LogP contribution is -2.16. The monoisotopic (exact) mass is 282 g/mol. The molecule has 106 valence electrons. The molecule has 1 aromatic carbocycles. The van der Waals surface area contributed by atoms with Gasteiger partial charge in [0.2, 0.25) is 5.78 Å². The van der Waals surface area contributed by atoms with Crippen LogP contribution in [0.4, 0.5) is 5.82 Å². The minimum absolute atomic E-state index is 0.0685. The van der Waals surface area contributed by atoms with Gasteiger partial charge in [0.25, 0.3) is 0 Å². The van der Waals surface area contributed by atoms with Gasteiger partial charge in [0.1, 0.15) is 18.1 Å². The normalized spacial score (nSPS) is 10.5. The van der Waals surface area contributed by atoms with Crippen molar-refractivity contribution in [3.8, 4) is 11.3 Å². The highest BCUT2D eigenvalue weighted by Crippen LogP contribution is 2.27.